The van der Waals surface area contributed by atoms with E-state index in [4.69, 9.17) is 0 Å². The van der Waals surface area contributed by atoms with Crippen molar-refractivity contribution in [3.63, 3.8) is 0 Å². The SMILES string of the molecule is Cc1cc(F)c(Br)cc1S(=O)(=O)NC1CCCNC1.Cl. The predicted octanol–water partition coefficient (Wildman–Crippen LogP) is 2.35. The fraction of sp³-hybridized carbons (Fsp3) is 0.500. The summed E-state index contributed by atoms with van der Waals surface area (Å²) in [5.41, 5.74) is 0.400. The zero-order valence-corrected chi connectivity index (χ0v) is 14.2. The van der Waals surface area contributed by atoms with Gasteiger partial charge >= 0.3 is 0 Å². The molecule has 2 rings (SSSR count). The Morgan fingerprint density at radius 1 is 1.45 bits per heavy atom. The van der Waals surface area contributed by atoms with Crippen LogP contribution in [-0.2, 0) is 10.0 Å². The van der Waals surface area contributed by atoms with E-state index in [1.54, 1.807) is 6.92 Å². The van der Waals surface area contributed by atoms with Crippen LogP contribution in [0.25, 0.3) is 0 Å². The molecule has 0 aromatic heterocycles. The summed E-state index contributed by atoms with van der Waals surface area (Å²) in [4.78, 5) is 0.117. The lowest BCUT2D eigenvalue weighted by molar-refractivity contribution is 0.428. The highest BCUT2D eigenvalue weighted by Gasteiger charge is 2.24. The summed E-state index contributed by atoms with van der Waals surface area (Å²) in [5, 5.41) is 3.15. The van der Waals surface area contributed by atoms with Crippen LogP contribution >= 0.6 is 28.3 Å². The van der Waals surface area contributed by atoms with Gasteiger partial charge in [-0.1, -0.05) is 0 Å². The topological polar surface area (TPSA) is 58.2 Å². The highest BCUT2D eigenvalue weighted by molar-refractivity contribution is 9.10. The van der Waals surface area contributed by atoms with Gasteiger partial charge in [-0.3, -0.25) is 0 Å². The van der Waals surface area contributed by atoms with Crippen molar-refractivity contribution in [2.75, 3.05) is 13.1 Å². The molecule has 1 aliphatic heterocycles. The molecule has 1 heterocycles. The molecule has 0 saturated carbocycles. The highest BCUT2D eigenvalue weighted by atomic mass is 79.9. The van der Waals surface area contributed by atoms with Gasteiger partial charge in [-0.25, -0.2) is 17.5 Å². The second-order valence-corrected chi connectivity index (χ2v) is 7.23. The number of sulfonamides is 1. The van der Waals surface area contributed by atoms with Crippen LogP contribution in [0, 0.1) is 12.7 Å². The van der Waals surface area contributed by atoms with Crippen LogP contribution in [-0.4, -0.2) is 27.5 Å². The summed E-state index contributed by atoms with van der Waals surface area (Å²) in [6, 6.07) is 2.42. The third-order valence-electron chi connectivity index (χ3n) is 3.13. The number of hydrogen-bond donors (Lipinski definition) is 2. The number of nitrogens with one attached hydrogen (secondary N) is 2. The van der Waals surface area contributed by atoms with Crippen LogP contribution in [0.3, 0.4) is 0 Å². The minimum atomic E-state index is -3.62. The van der Waals surface area contributed by atoms with Crippen LogP contribution < -0.4 is 10.0 Å². The van der Waals surface area contributed by atoms with Gasteiger partial charge < -0.3 is 5.32 Å². The number of rotatable bonds is 3. The van der Waals surface area contributed by atoms with Gasteiger partial charge in [0.2, 0.25) is 10.0 Å². The first-order valence-electron chi connectivity index (χ1n) is 6.09. The maximum absolute atomic E-state index is 13.3. The Balaban J connectivity index is 0.00000200. The van der Waals surface area contributed by atoms with Crippen LogP contribution in [0.4, 0.5) is 4.39 Å². The second-order valence-electron chi connectivity index (χ2n) is 4.70. The molecular weight excluding hydrogens is 371 g/mol. The summed E-state index contributed by atoms with van der Waals surface area (Å²) in [6.07, 6.45) is 1.76. The Morgan fingerprint density at radius 2 is 2.15 bits per heavy atom. The van der Waals surface area contributed by atoms with Gasteiger partial charge in [0.1, 0.15) is 5.82 Å². The summed E-state index contributed by atoms with van der Waals surface area (Å²) >= 11 is 3.02. The molecule has 0 spiro atoms. The minimum Gasteiger partial charge on any atom is -0.315 e. The summed E-state index contributed by atoms with van der Waals surface area (Å²) in [7, 11) is -3.62. The molecule has 0 radical (unpaired) electrons. The molecule has 0 bridgehead atoms. The molecule has 4 nitrogen and oxygen atoms in total. The fourth-order valence-electron chi connectivity index (χ4n) is 2.15. The van der Waals surface area contributed by atoms with E-state index in [9.17, 15) is 12.8 Å². The van der Waals surface area contributed by atoms with E-state index in [0.29, 0.717) is 12.1 Å². The normalized spacial score (nSPS) is 19.4. The van der Waals surface area contributed by atoms with Crippen LogP contribution in [0.2, 0.25) is 0 Å². The van der Waals surface area contributed by atoms with Crippen molar-refractivity contribution in [3.05, 3.63) is 28.0 Å². The molecular formula is C12H17BrClFN2O2S. The lowest BCUT2D eigenvalue weighted by Gasteiger charge is -2.24. The Kier molecular flexibility index (Phi) is 6.40. The number of piperidine rings is 1. The van der Waals surface area contributed by atoms with Crippen molar-refractivity contribution in [2.24, 2.45) is 0 Å². The third-order valence-corrected chi connectivity index (χ3v) is 5.40. The Bertz CT molecular complexity index is 577. The monoisotopic (exact) mass is 386 g/mol. The van der Waals surface area contributed by atoms with Crippen molar-refractivity contribution in [3.8, 4) is 0 Å². The van der Waals surface area contributed by atoms with Gasteiger partial charge in [0.05, 0.1) is 9.37 Å². The minimum absolute atomic E-state index is 0. The summed E-state index contributed by atoms with van der Waals surface area (Å²) < 4.78 is 40.8. The van der Waals surface area contributed by atoms with Crippen molar-refractivity contribution in [1.29, 1.82) is 0 Å². The zero-order chi connectivity index (χ0) is 14.0. The fourth-order valence-corrected chi connectivity index (χ4v) is 4.17. The van der Waals surface area contributed by atoms with Gasteiger partial charge in [0.15, 0.2) is 0 Å². The molecule has 8 heteroatoms. The first-order chi connectivity index (χ1) is 8.90. The zero-order valence-electron chi connectivity index (χ0n) is 10.9. The van der Waals surface area contributed by atoms with Crippen LogP contribution in [0.5, 0.6) is 0 Å². The Labute approximate surface area is 133 Å². The van der Waals surface area contributed by atoms with E-state index in [0.717, 1.165) is 19.4 Å². The molecule has 1 aromatic carbocycles. The molecule has 0 amide bonds. The van der Waals surface area contributed by atoms with E-state index < -0.39 is 15.8 Å². The molecule has 1 aromatic rings. The standard InChI is InChI=1S/C12H16BrFN2O2S.ClH/c1-8-5-11(14)10(13)6-12(8)19(17,18)16-9-3-2-4-15-7-9;/h5-6,9,15-16H,2-4,7H2,1H3;1H. The van der Waals surface area contributed by atoms with Crippen molar-refractivity contribution in [1.82, 2.24) is 10.0 Å². The number of aryl methyl sites for hydroxylation is 1. The van der Waals surface area contributed by atoms with E-state index >= 15 is 0 Å². The lowest BCUT2D eigenvalue weighted by Crippen LogP contribution is -2.45. The molecule has 114 valence electrons. The average molecular weight is 388 g/mol. The smallest absolute Gasteiger partial charge is 0.241 e. The van der Waals surface area contributed by atoms with Crippen LogP contribution in [0.1, 0.15) is 18.4 Å². The number of benzene rings is 1. The lowest BCUT2D eigenvalue weighted by atomic mass is 10.1. The van der Waals surface area contributed by atoms with Gasteiger partial charge in [-0.05, 0) is 59.9 Å². The van der Waals surface area contributed by atoms with E-state index in [2.05, 4.69) is 26.0 Å². The average Bonchev–Trinajstić information content (AvgIpc) is 2.34. The maximum Gasteiger partial charge on any atom is 0.241 e. The molecule has 20 heavy (non-hydrogen) atoms. The highest BCUT2D eigenvalue weighted by Crippen LogP contribution is 2.24. The molecule has 1 atom stereocenters. The van der Waals surface area contributed by atoms with Gasteiger partial charge in [0.25, 0.3) is 0 Å². The molecule has 1 unspecified atom stereocenters. The molecule has 1 aliphatic rings. The van der Waals surface area contributed by atoms with E-state index in [1.165, 1.54) is 12.1 Å². The van der Waals surface area contributed by atoms with E-state index in [-0.39, 0.29) is 27.8 Å². The number of hydrogen-bond acceptors (Lipinski definition) is 3. The predicted molar refractivity (Wildman–Crippen MR) is 82.3 cm³/mol. The second kappa shape index (κ2) is 7.17. The van der Waals surface area contributed by atoms with Crippen molar-refractivity contribution < 1.29 is 12.8 Å². The first kappa shape index (κ1) is 17.8. The van der Waals surface area contributed by atoms with E-state index in [1.807, 2.05) is 0 Å². The quantitative estimate of drug-likeness (QED) is 0.837. The summed E-state index contributed by atoms with van der Waals surface area (Å²) in [5.74, 6) is -0.462. The third kappa shape index (κ3) is 4.14. The van der Waals surface area contributed by atoms with Gasteiger partial charge in [-0.2, -0.15) is 0 Å². The number of halogens is 3. The molecule has 1 fully saturated rings. The van der Waals surface area contributed by atoms with Crippen molar-refractivity contribution in [2.45, 2.75) is 30.7 Å². The first-order valence-corrected chi connectivity index (χ1v) is 8.36. The van der Waals surface area contributed by atoms with Crippen LogP contribution in [0.15, 0.2) is 21.5 Å². The largest absolute Gasteiger partial charge is 0.315 e. The van der Waals surface area contributed by atoms with Gasteiger partial charge in [-0.15, -0.1) is 12.4 Å². The maximum atomic E-state index is 13.3. The Morgan fingerprint density at radius 3 is 2.75 bits per heavy atom. The molecule has 2 N–H and O–H groups in total. The summed E-state index contributed by atoms with van der Waals surface area (Å²) in [6.45, 7) is 3.13. The molecule has 1 saturated heterocycles. The van der Waals surface area contributed by atoms with Crippen molar-refractivity contribution >= 4 is 38.4 Å². The Hall–Kier alpha value is -0.210. The van der Waals surface area contributed by atoms with Gasteiger partial charge in [0, 0.05) is 12.6 Å². The molecule has 0 aliphatic carbocycles.